The maximum Gasteiger partial charge on any atom is 0.307 e. The summed E-state index contributed by atoms with van der Waals surface area (Å²) < 4.78 is 13.6. The summed E-state index contributed by atoms with van der Waals surface area (Å²) in [5.41, 5.74) is 0.463. The molecule has 0 atom stereocenters. The fourth-order valence-corrected chi connectivity index (χ4v) is 1.69. The second-order valence-electron chi connectivity index (χ2n) is 4.38. The number of hydrogen-bond donors (Lipinski definition) is 2. The first kappa shape index (κ1) is 15.1. The normalized spacial score (nSPS) is 10.2. The largest absolute Gasteiger partial charge is 0.481 e. The highest BCUT2D eigenvalue weighted by Gasteiger charge is 2.09. The molecule has 0 aliphatic carbocycles. The first-order chi connectivity index (χ1) is 9.02. The first-order valence-corrected chi connectivity index (χ1v) is 6.33. The maximum absolute atomic E-state index is 13.6. The first-order valence-electron chi connectivity index (χ1n) is 6.33. The van der Waals surface area contributed by atoms with Gasteiger partial charge in [-0.05, 0) is 24.1 Å². The van der Waals surface area contributed by atoms with Gasteiger partial charge < -0.3 is 10.4 Å². The number of amides is 1. The Hall–Kier alpha value is -1.91. The molecule has 4 nitrogen and oxygen atoms in total. The van der Waals surface area contributed by atoms with Crippen LogP contribution in [0.3, 0.4) is 0 Å². The summed E-state index contributed by atoms with van der Waals surface area (Å²) in [6.07, 6.45) is 2.87. The van der Waals surface area contributed by atoms with Gasteiger partial charge in [0.2, 0.25) is 5.91 Å². The van der Waals surface area contributed by atoms with Gasteiger partial charge in [0.1, 0.15) is 5.82 Å². The van der Waals surface area contributed by atoms with E-state index in [2.05, 4.69) is 12.2 Å². The van der Waals surface area contributed by atoms with E-state index >= 15 is 0 Å². The molecule has 0 aliphatic rings. The Morgan fingerprint density at radius 3 is 2.63 bits per heavy atom. The van der Waals surface area contributed by atoms with Crippen LogP contribution in [0.1, 0.15) is 38.2 Å². The summed E-state index contributed by atoms with van der Waals surface area (Å²) in [4.78, 5) is 22.0. The number of carbonyl (C=O) groups is 2. The van der Waals surface area contributed by atoms with Crippen molar-refractivity contribution in [3.63, 3.8) is 0 Å². The van der Waals surface area contributed by atoms with Crippen LogP contribution in [0.15, 0.2) is 18.2 Å². The highest BCUT2D eigenvalue weighted by molar-refractivity contribution is 5.90. The van der Waals surface area contributed by atoms with Crippen molar-refractivity contribution >= 4 is 17.6 Å². The summed E-state index contributed by atoms with van der Waals surface area (Å²) in [5.74, 6) is -1.86. The van der Waals surface area contributed by atoms with Crippen molar-refractivity contribution < 1.29 is 19.1 Å². The minimum atomic E-state index is -1.09. The summed E-state index contributed by atoms with van der Waals surface area (Å²) in [5, 5.41) is 11.2. The molecule has 0 unspecified atom stereocenters. The van der Waals surface area contributed by atoms with E-state index in [1.165, 1.54) is 12.1 Å². The van der Waals surface area contributed by atoms with Gasteiger partial charge in [-0.2, -0.15) is 0 Å². The minimum Gasteiger partial charge on any atom is -0.481 e. The zero-order chi connectivity index (χ0) is 14.3. The molecule has 0 saturated heterocycles. The lowest BCUT2D eigenvalue weighted by molar-refractivity contribution is -0.136. The van der Waals surface area contributed by atoms with Crippen molar-refractivity contribution in [2.75, 3.05) is 5.32 Å². The van der Waals surface area contributed by atoms with E-state index in [-0.39, 0.29) is 17.9 Å². The Morgan fingerprint density at radius 2 is 2.05 bits per heavy atom. The third kappa shape index (κ3) is 5.50. The highest BCUT2D eigenvalue weighted by Crippen LogP contribution is 2.15. The zero-order valence-corrected chi connectivity index (χ0v) is 10.9. The van der Waals surface area contributed by atoms with Crippen molar-refractivity contribution in [3.8, 4) is 0 Å². The molecular formula is C14H18FNO3. The smallest absolute Gasteiger partial charge is 0.307 e. The average Bonchev–Trinajstić information content (AvgIpc) is 2.32. The molecule has 19 heavy (non-hydrogen) atoms. The topological polar surface area (TPSA) is 66.4 Å². The van der Waals surface area contributed by atoms with Gasteiger partial charge in [-0.3, -0.25) is 9.59 Å². The molecule has 0 radical (unpaired) electrons. The SMILES string of the molecule is CCCCCC(=O)Nc1ccc(CC(=O)O)c(F)c1. The lowest BCUT2D eigenvalue weighted by Gasteiger charge is -2.07. The predicted octanol–water partition coefficient (Wildman–Crippen LogP) is 2.97. The maximum atomic E-state index is 13.6. The van der Waals surface area contributed by atoms with Crippen LogP contribution in [0.5, 0.6) is 0 Å². The molecule has 0 aliphatic heterocycles. The summed E-state index contributed by atoms with van der Waals surface area (Å²) in [7, 11) is 0. The molecular weight excluding hydrogens is 249 g/mol. The summed E-state index contributed by atoms with van der Waals surface area (Å²) in [6.45, 7) is 2.05. The van der Waals surface area contributed by atoms with Crippen molar-refractivity contribution in [2.24, 2.45) is 0 Å². The number of nitrogens with one attached hydrogen (secondary N) is 1. The highest BCUT2D eigenvalue weighted by atomic mass is 19.1. The van der Waals surface area contributed by atoms with E-state index < -0.39 is 11.8 Å². The molecule has 1 rings (SSSR count). The van der Waals surface area contributed by atoms with E-state index in [0.717, 1.165) is 25.3 Å². The molecule has 1 amide bonds. The lowest BCUT2D eigenvalue weighted by Crippen LogP contribution is -2.11. The van der Waals surface area contributed by atoms with Crippen molar-refractivity contribution in [2.45, 2.75) is 39.0 Å². The van der Waals surface area contributed by atoms with Crippen LogP contribution in [-0.2, 0) is 16.0 Å². The molecule has 0 bridgehead atoms. The van der Waals surface area contributed by atoms with Crippen LogP contribution in [-0.4, -0.2) is 17.0 Å². The van der Waals surface area contributed by atoms with Crippen LogP contribution in [0.2, 0.25) is 0 Å². The fourth-order valence-electron chi connectivity index (χ4n) is 1.69. The number of halogens is 1. The predicted molar refractivity (Wildman–Crippen MR) is 70.5 cm³/mol. The number of unbranched alkanes of at least 4 members (excludes halogenated alkanes) is 2. The van der Waals surface area contributed by atoms with Crippen LogP contribution >= 0.6 is 0 Å². The molecule has 0 saturated carbocycles. The van der Waals surface area contributed by atoms with Gasteiger partial charge in [0.25, 0.3) is 0 Å². The van der Waals surface area contributed by atoms with Crippen LogP contribution < -0.4 is 5.32 Å². The quantitative estimate of drug-likeness (QED) is 0.746. The van der Waals surface area contributed by atoms with Crippen molar-refractivity contribution in [3.05, 3.63) is 29.6 Å². The number of carboxylic acids is 1. The molecule has 1 aromatic carbocycles. The van der Waals surface area contributed by atoms with Gasteiger partial charge in [0.05, 0.1) is 6.42 Å². The van der Waals surface area contributed by atoms with Crippen LogP contribution in [0, 0.1) is 5.82 Å². The average molecular weight is 267 g/mol. The molecule has 0 aromatic heterocycles. The molecule has 0 fully saturated rings. The van der Waals surface area contributed by atoms with Gasteiger partial charge in [-0.15, -0.1) is 0 Å². The van der Waals surface area contributed by atoms with E-state index in [1.807, 2.05) is 0 Å². The standard InChI is InChI=1S/C14H18FNO3/c1-2-3-4-5-13(17)16-11-7-6-10(8-14(18)19)12(15)9-11/h6-7,9H,2-5,8H2,1H3,(H,16,17)(H,18,19). The van der Waals surface area contributed by atoms with Gasteiger partial charge in [0.15, 0.2) is 0 Å². The number of hydrogen-bond acceptors (Lipinski definition) is 2. The van der Waals surface area contributed by atoms with E-state index in [0.29, 0.717) is 12.1 Å². The number of benzene rings is 1. The molecule has 5 heteroatoms. The zero-order valence-electron chi connectivity index (χ0n) is 10.9. The third-order valence-electron chi connectivity index (χ3n) is 2.69. The van der Waals surface area contributed by atoms with E-state index in [1.54, 1.807) is 0 Å². The monoisotopic (exact) mass is 267 g/mol. The summed E-state index contributed by atoms with van der Waals surface area (Å²) >= 11 is 0. The lowest BCUT2D eigenvalue weighted by atomic mass is 10.1. The number of anilines is 1. The van der Waals surface area contributed by atoms with Crippen LogP contribution in [0.4, 0.5) is 10.1 Å². The Kier molecular flexibility index (Phi) is 5.99. The van der Waals surface area contributed by atoms with E-state index in [4.69, 9.17) is 5.11 Å². The molecule has 1 aromatic rings. The Balaban J connectivity index is 2.58. The Bertz CT molecular complexity index is 460. The van der Waals surface area contributed by atoms with Crippen LogP contribution in [0.25, 0.3) is 0 Å². The molecule has 2 N–H and O–H groups in total. The fraction of sp³-hybridized carbons (Fsp3) is 0.429. The van der Waals surface area contributed by atoms with Gasteiger partial charge in [-0.1, -0.05) is 25.8 Å². The minimum absolute atomic E-state index is 0.108. The Morgan fingerprint density at radius 1 is 1.32 bits per heavy atom. The number of carboxylic acid groups (broad SMARTS) is 1. The number of aliphatic carboxylic acids is 1. The number of carbonyl (C=O) groups excluding carboxylic acids is 1. The summed E-state index contributed by atoms with van der Waals surface area (Å²) in [6, 6.07) is 4.04. The molecule has 0 heterocycles. The molecule has 104 valence electrons. The van der Waals surface area contributed by atoms with Crippen molar-refractivity contribution in [1.82, 2.24) is 0 Å². The van der Waals surface area contributed by atoms with E-state index in [9.17, 15) is 14.0 Å². The molecule has 0 spiro atoms. The number of rotatable bonds is 7. The van der Waals surface area contributed by atoms with Gasteiger partial charge in [-0.25, -0.2) is 4.39 Å². The van der Waals surface area contributed by atoms with Gasteiger partial charge in [0, 0.05) is 12.1 Å². The Labute approximate surface area is 111 Å². The third-order valence-corrected chi connectivity index (χ3v) is 2.69. The van der Waals surface area contributed by atoms with Gasteiger partial charge >= 0.3 is 5.97 Å². The second-order valence-corrected chi connectivity index (χ2v) is 4.38. The second kappa shape index (κ2) is 7.51. The van der Waals surface area contributed by atoms with Crippen molar-refractivity contribution in [1.29, 1.82) is 0 Å².